The molecule has 1 saturated heterocycles. The van der Waals surface area contributed by atoms with Gasteiger partial charge < -0.3 is 19.5 Å². The highest BCUT2D eigenvalue weighted by Gasteiger charge is 2.59. The number of alkyl carbamates (subject to hydrolysis) is 1. The fourth-order valence-corrected chi connectivity index (χ4v) is 4.53. The van der Waals surface area contributed by atoms with Gasteiger partial charge in [0, 0.05) is 32.2 Å². The van der Waals surface area contributed by atoms with Crippen LogP contribution in [0.3, 0.4) is 0 Å². The molecule has 2 atom stereocenters. The summed E-state index contributed by atoms with van der Waals surface area (Å²) in [6.45, 7) is 17.2. The lowest BCUT2D eigenvalue weighted by atomic mass is 9.83. The van der Waals surface area contributed by atoms with E-state index in [0.717, 1.165) is 24.1 Å². The summed E-state index contributed by atoms with van der Waals surface area (Å²) in [5.41, 5.74) is 1.04. The predicted molar refractivity (Wildman–Crippen MR) is 137 cm³/mol. The van der Waals surface area contributed by atoms with E-state index in [0.29, 0.717) is 6.42 Å². The minimum absolute atomic E-state index is 0.187. The summed E-state index contributed by atoms with van der Waals surface area (Å²) in [6, 6.07) is 1.42. The SMILES string of the molecule is CCCCCCc1cc(C[C@]2([C@H](CC(C)C)NC(=O)OC(C)(C)C)OC(C)(C)OC2=O)ncc1C. The van der Waals surface area contributed by atoms with Gasteiger partial charge in [0.05, 0.1) is 6.04 Å². The molecule has 0 radical (unpaired) electrons. The smallest absolute Gasteiger partial charge is 0.407 e. The number of rotatable bonds is 11. The van der Waals surface area contributed by atoms with Crippen molar-refractivity contribution in [3.8, 4) is 0 Å². The topological polar surface area (TPSA) is 86.8 Å². The Morgan fingerprint density at radius 1 is 1.20 bits per heavy atom. The Labute approximate surface area is 211 Å². The number of esters is 1. The first-order chi connectivity index (χ1) is 16.2. The quantitative estimate of drug-likeness (QED) is 0.300. The molecule has 35 heavy (non-hydrogen) atoms. The first-order valence-corrected chi connectivity index (χ1v) is 13.0. The summed E-state index contributed by atoms with van der Waals surface area (Å²) in [5.74, 6) is -1.42. The van der Waals surface area contributed by atoms with E-state index < -0.39 is 35.1 Å². The zero-order valence-corrected chi connectivity index (χ0v) is 23.2. The van der Waals surface area contributed by atoms with E-state index >= 15 is 0 Å². The van der Waals surface area contributed by atoms with E-state index in [9.17, 15) is 9.59 Å². The number of ether oxygens (including phenoxy) is 3. The van der Waals surface area contributed by atoms with Crippen LogP contribution in [0.2, 0.25) is 0 Å². The van der Waals surface area contributed by atoms with Crippen molar-refractivity contribution in [3.63, 3.8) is 0 Å². The van der Waals surface area contributed by atoms with Gasteiger partial charge >= 0.3 is 12.1 Å². The molecule has 0 unspecified atom stereocenters. The van der Waals surface area contributed by atoms with Crippen molar-refractivity contribution < 1.29 is 23.8 Å². The Hall–Kier alpha value is -2.15. The van der Waals surface area contributed by atoms with Crippen molar-refractivity contribution in [2.24, 2.45) is 5.92 Å². The Morgan fingerprint density at radius 3 is 2.43 bits per heavy atom. The van der Waals surface area contributed by atoms with Gasteiger partial charge in [-0.1, -0.05) is 40.0 Å². The zero-order valence-electron chi connectivity index (χ0n) is 23.2. The van der Waals surface area contributed by atoms with Gasteiger partial charge in [0.15, 0.2) is 5.60 Å². The van der Waals surface area contributed by atoms with Crippen molar-refractivity contribution >= 4 is 12.1 Å². The van der Waals surface area contributed by atoms with Crippen molar-refractivity contribution in [1.82, 2.24) is 10.3 Å². The van der Waals surface area contributed by atoms with Gasteiger partial charge in [-0.2, -0.15) is 0 Å². The van der Waals surface area contributed by atoms with Crippen LogP contribution in [-0.4, -0.2) is 40.1 Å². The highest BCUT2D eigenvalue weighted by molar-refractivity contribution is 5.84. The van der Waals surface area contributed by atoms with E-state index in [1.165, 1.54) is 24.8 Å². The normalized spacial score (nSPS) is 20.6. The first-order valence-electron chi connectivity index (χ1n) is 13.0. The molecule has 198 valence electrons. The first kappa shape index (κ1) is 29.1. The molecule has 0 aliphatic carbocycles. The Balaban J connectivity index is 2.41. The molecule has 0 saturated carbocycles. The fourth-order valence-electron chi connectivity index (χ4n) is 4.53. The number of aryl methyl sites for hydroxylation is 2. The standard InChI is InChI=1S/C28H46N2O5/c1-10-11-12-13-14-21-16-22(29-18-20(21)4)17-28(24(31)33-27(8,9)35-28)23(15-19(2)3)30-25(32)34-26(5,6)7/h16,18-19,23H,10-15,17H2,1-9H3,(H,30,32)/t23-,28+/m0/s1. The lowest BCUT2D eigenvalue weighted by Crippen LogP contribution is -2.59. The van der Waals surface area contributed by atoms with Crippen LogP contribution in [0.25, 0.3) is 0 Å². The third-order valence-corrected chi connectivity index (χ3v) is 6.09. The average Bonchev–Trinajstić information content (AvgIpc) is 2.93. The Bertz CT molecular complexity index is 875. The molecule has 7 heteroatoms. The highest BCUT2D eigenvalue weighted by Crippen LogP contribution is 2.39. The summed E-state index contributed by atoms with van der Waals surface area (Å²) >= 11 is 0. The summed E-state index contributed by atoms with van der Waals surface area (Å²) in [7, 11) is 0. The molecule has 1 aromatic rings. The molecule has 0 aromatic carbocycles. The van der Waals surface area contributed by atoms with E-state index in [1.54, 1.807) is 13.8 Å². The number of hydrogen-bond acceptors (Lipinski definition) is 6. The number of nitrogens with zero attached hydrogens (tertiary/aromatic N) is 1. The molecule has 1 aromatic heterocycles. The van der Waals surface area contributed by atoms with Crippen molar-refractivity contribution in [1.29, 1.82) is 0 Å². The van der Waals surface area contributed by atoms with Gasteiger partial charge in [0.1, 0.15) is 5.60 Å². The summed E-state index contributed by atoms with van der Waals surface area (Å²) in [5, 5.41) is 2.94. The number of hydrogen-bond donors (Lipinski definition) is 1. The number of carbonyl (C=O) groups excluding carboxylic acids is 2. The predicted octanol–water partition coefficient (Wildman–Crippen LogP) is 6.04. The highest BCUT2D eigenvalue weighted by atomic mass is 16.8. The summed E-state index contributed by atoms with van der Waals surface area (Å²) < 4.78 is 17.5. The molecule has 7 nitrogen and oxygen atoms in total. The van der Waals surface area contributed by atoms with Crippen LogP contribution in [0, 0.1) is 12.8 Å². The number of carbonyl (C=O) groups is 2. The van der Waals surface area contributed by atoms with Crippen LogP contribution in [-0.2, 0) is 31.8 Å². The van der Waals surface area contributed by atoms with Gasteiger partial charge in [-0.05, 0) is 70.1 Å². The zero-order chi connectivity index (χ0) is 26.4. The fraction of sp³-hybridized carbons (Fsp3) is 0.750. The van der Waals surface area contributed by atoms with Gasteiger partial charge in [-0.25, -0.2) is 9.59 Å². The van der Waals surface area contributed by atoms with E-state index in [1.807, 2.05) is 40.8 Å². The molecule has 1 aliphatic heterocycles. The lowest BCUT2D eigenvalue weighted by Gasteiger charge is -2.36. The molecule has 0 spiro atoms. The summed E-state index contributed by atoms with van der Waals surface area (Å²) in [6.07, 6.45) is 7.69. The van der Waals surface area contributed by atoms with Crippen LogP contribution >= 0.6 is 0 Å². The van der Waals surface area contributed by atoms with Gasteiger partial charge in [-0.3, -0.25) is 4.98 Å². The lowest BCUT2D eigenvalue weighted by molar-refractivity contribution is -0.170. The number of nitrogens with one attached hydrogen (secondary N) is 1. The average molecular weight is 491 g/mol. The van der Waals surface area contributed by atoms with Crippen molar-refractivity contribution in [2.75, 3.05) is 0 Å². The van der Waals surface area contributed by atoms with Crippen LogP contribution in [0.5, 0.6) is 0 Å². The van der Waals surface area contributed by atoms with Crippen molar-refractivity contribution in [2.45, 2.75) is 130 Å². The largest absolute Gasteiger partial charge is 0.444 e. The molecule has 1 aliphatic rings. The maximum absolute atomic E-state index is 13.4. The number of amides is 1. The van der Waals surface area contributed by atoms with Crippen LogP contribution in [0.15, 0.2) is 12.3 Å². The number of cyclic esters (lactones) is 1. The number of unbranched alkanes of at least 4 members (excludes halogenated alkanes) is 3. The molecule has 0 bridgehead atoms. The molecular formula is C28H46N2O5. The Kier molecular flexibility index (Phi) is 9.74. The van der Waals surface area contributed by atoms with Crippen LogP contribution < -0.4 is 5.32 Å². The second kappa shape index (κ2) is 11.7. The van der Waals surface area contributed by atoms with Crippen LogP contribution in [0.1, 0.15) is 104 Å². The summed E-state index contributed by atoms with van der Waals surface area (Å²) in [4.78, 5) is 30.9. The monoisotopic (exact) mass is 490 g/mol. The minimum Gasteiger partial charge on any atom is -0.444 e. The van der Waals surface area contributed by atoms with E-state index in [4.69, 9.17) is 14.2 Å². The van der Waals surface area contributed by atoms with Crippen molar-refractivity contribution in [3.05, 3.63) is 29.1 Å². The molecule has 1 fully saturated rings. The third kappa shape index (κ3) is 8.48. The maximum Gasteiger partial charge on any atom is 0.407 e. The second-order valence-electron chi connectivity index (χ2n) is 11.7. The Morgan fingerprint density at radius 2 is 1.89 bits per heavy atom. The number of aromatic nitrogens is 1. The van der Waals surface area contributed by atoms with Gasteiger partial charge in [-0.15, -0.1) is 0 Å². The molecule has 1 amide bonds. The molecule has 2 rings (SSSR count). The molecule has 2 heterocycles. The second-order valence-corrected chi connectivity index (χ2v) is 11.7. The van der Waals surface area contributed by atoms with E-state index in [-0.39, 0.29) is 12.3 Å². The molecular weight excluding hydrogens is 444 g/mol. The number of pyridine rings is 1. The maximum atomic E-state index is 13.4. The molecule has 1 N–H and O–H groups in total. The van der Waals surface area contributed by atoms with Gasteiger partial charge in [0.2, 0.25) is 5.79 Å². The third-order valence-electron chi connectivity index (χ3n) is 6.09. The van der Waals surface area contributed by atoms with Crippen LogP contribution in [0.4, 0.5) is 4.79 Å². The van der Waals surface area contributed by atoms with Gasteiger partial charge in [0.25, 0.3) is 0 Å². The minimum atomic E-state index is -1.41. The van der Waals surface area contributed by atoms with E-state index in [2.05, 4.69) is 30.2 Å².